The minimum Gasteiger partial charge on any atom is -0.350 e. The Morgan fingerprint density at radius 2 is 1.91 bits per heavy atom. The Morgan fingerprint density at radius 3 is 2.73 bits per heavy atom. The van der Waals surface area contributed by atoms with Gasteiger partial charge in [0.05, 0.1) is 5.56 Å². The van der Waals surface area contributed by atoms with E-state index in [0.717, 1.165) is 36.1 Å². The van der Waals surface area contributed by atoms with Crippen molar-refractivity contribution in [2.75, 3.05) is 26.7 Å². The molecule has 2 aromatic rings. The van der Waals surface area contributed by atoms with Gasteiger partial charge >= 0.3 is 0 Å². The Balaban J connectivity index is 1.69. The van der Waals surface area contributed by atoms with Crippen molar-refractivity contribution in [3.63, 3.8) is 0 Å². The molecule has 5 rings (SSSR count). The van der Waals surface area contributed by atoms with Gasteiger partial charge in [0.25, 0.3) is 5.91 Å². The van der Waals surface area contributed by atoms with E-state index in [2.05, 4.69) is 33.5 Å². The molecule has 0 radical (unpaired) electrons. The van der Waals surface area contributed by atoms with E-state index in [1.165, 1.54) is 12.8 Å². The summed E-state index contributed by atoms with van der Waals surface area (Å²) in [4.78, 5) is 17.6. The molecule has 4 heterocycles. The molecule has 3 fully saturated rings. The van der Waals surface area contributed by atoms with Crippen LogP contribution in [0.5, 0.6) is 0 Å². The number of aromatic nitrogens is 1. The average molecular weight is 297 g/mol. The predicted molar refractivity (Wildman–Crippen MR) is 88.0 cm³/mol. The van der Waals surface area contributed by atoms with Crippen molar-refractivity contribution < 1.29 is 4.79 Å². The van der Waals surface area contributed by atoms with Crippen LogP contribution in [-0.2, 0) is 7.05 Å². The van der Waals surface area contributed by atoms with Crippen LogP contribution in [0.15, 0.2) is 30.5 Å². The molecule has 1 amide bonds. The van der Waals surface area contributed by atoms with Gasteiger partial charge in [-0.1, -0.05) is 18.2 Å². The molecule has 1 aromatic heterocycles. The van der Waals surface area contributed by atoms with Gasteiger partial charge < -0.3 is 14.4 Å². The number of carbonyl (C=O) groups is 1. The fraction of sp³-hybridized carbons (Fsp3) is 0.500. The van der Waals surface area contributed by atoms with Crippen molar-refractivity contribution in [1.29, 1.82) is 0 Å². The number of hydrogen-bond donors (Lipinski definition) is 0. The van der Waals surface area contributed by atoms with Crippen LogP contribution in [0.25, 0.3) is 10.9 Å². The first-order valence-corrected chi connectivity index (χ1v) is 8.17. The van der Waals surface area contributed by atoms with Crippen LogP contribution in [0.1, 0.15) is 23.2 Å². The van der Waals surface area contributed by atoms with Crippen LogP contribution < -0.4 is 0 Å². The van der Waals surface area contributed by atoms with Gasteiger partial charge in [0.15, 0.2) is 0 Å². The van der Waals surface area contributed by atoms with Crippen LogP contribution in [0.4, 0.5) is 0 Å². The van der Waals surface area contributed by atoms with Gasteiger partial charge in [0.2, 0.25) is 0 Å². The van der Waals surface area contributed by atoms with E-state index in [-0.39, 0.29) is 5.91 Å². The van der Waals surface area contributed by atoms with Crippen LogP contribution in [-0.4, -0.2) is 53.0 Å². The van der Waals surface area contributed by atoms with Crippen molar-refractivity contribution in [1.82, 2.24) is 14.4 Å². The average Bonchev–Trinajstić information content (AvgIpc) is 2.67. The first-order chi connectivity index (χ1) is 10.6. The van der Waals surface area contributed by atoms with Gasteiger partial charge in [0, 0.05) is 49.8 Å². The van der Waals surface area contributed by atoms with E-state index < -0.39 is 0 Å². The number of aryl methyl sites for hydroxylation is 1. The Kier molecular flexibility index (Phi) is 3.22. The number of benzene rings is 1. The molecule has 116 valence electrons. The first kappa shape index (κ1) is 13.8. The van der Waals surface area contributed by atoms with Crippen molar-refractivity contribution in [3.05, 3.63) is 36.0 Å². The molecule has 2 atom stereocenters. The van der Waals surface area contributed by atoms with Gasteiger partial charge in [0.1, 0.15) is 0 Å². The molecule has 1 aromatic carbocycles. The fourth-order valence-corrected chi connectivity index (χ4v) is 4.16. The minimum absolute atomic E-state index is 0.198. The summed E-state index contributed by atoms with van der Waals surface area (Å²) in [6.07, 6.45) is 4.47. The molecule has 4 nitrogen and oxygen atoms in total. The lowest BCUT2D eigenvalue weighted by atomic mass is 9.96. The second-order valence-corrected chi connectivity index (χ2v) is 6.92. The van der Waals surface area contributed by atoms with Crippen molar-refractivity contribution in [3.8, 4) is 0 Å². The van der Waals surface area contributed by atoms with Crippen LogP contribution >= 0.6 is 0 Å². The summed E-state index contributed by atoms with van der Waals surface area (Å²) < 4.78 is 2.06. The number of likely N-dealkylation sites (N-methyl/N-ethyl adjacent to an activating group) is 1. The number of hydrogen-bond acceptors (Lipinski definition) is 2. The lowest BCUT2D eigenvalue weighted by Crippen LogP contribution is -2.41. The zero-order valence-corrected chi connectivity index (χ0v) is 13.3. The third kappa shape index (κ3) is 2.13. The molecule has 0 saturated carbocycles. The summed E-state index contributed by atoms with van der Waals surface area (Å²) >= 11 is 0. The number of piperidine rings is 1. The number of nitrogens with zero attached hydrogens (tertiary/aromatic N) is 3. The Hall–Kier alpha value is -1.81. The summed E-state index contributed by atoms with van der Waals surface area (Å²) in [6, 6.07) is 8.70. The van der Waals surface area contributed by atoms with Gasteiger partial charge in [-0.2, -0.15) is 0 Å². The highest BCUT2D eigenvalue weighted by Gasteiger charge is 2.35. The van der Waals surface area contributed by atoms with Gasteiger partial charge in [-0.25, -0.2) is 0 Å². The van der Waals surface area contributed by atoms with Crippen LogP contribution in [0.2, 0.25) is 0 Å². The smallest absolute Gasteiger partial charge is 0.256 e. The zero-order chi connectivity index (χ0) is 15.3. The molecule has 3 aliphatic heterocycles. The predicted octanol–water partition coefficient (Wildman–Crippen LogP) is 2.34. The molecule has 2 bridgehead atoms. The topological polar surface area (TPSA) is 28.5 Å². The second kappa shape index (κ2) is 5.13. The number of rotatable bonds is 1. The van der Waals surface area contributed by atoms with Gasteiger partial charge in [-0.15, -0.1) is 0 Å². The minimum atomic E-state index is 0.198. The van der Waals surface area contributed by atoms with E-state index in [4.69, 9.17) is 0 Å². The van der Waals surface area contributed by atoms with Crippen molar-refractivity contribution >= 4 is 16.8 Å². The van der Waals surface area contributed by atoms with Gasteiger partial charge in [-0.3, -0.25) is 4.79 Å². The number of carbonyl (C=O) groups excluding carboxylic acids is 1. The normalized spacial score (nSPS) is 25.6. The number of fused-ring (bicyclic) bond motifs is 5. The van der Waals surface area contributed by atoms with E-state index in [9.17, 15) is 4.79 Å². The fourth-order valence-electron chi connectivity index (χ4n) is 4.16. The SMILES string of the molecule is CN1C[C@H]2CC[C@@H]1CN(C(=O)c1cn(C)c3ccccc13)C2. The van der Waals surface area contributed by atoms with E-state index in [0.29, 0.717) is 12.0 Å². The molecule has 0 spiro atoms. The molecule has 3 saturated heterocycles. The molecule has 0 unspecified atom stereocenters. The van der Waals surface area contributed by atoms with Gasteiger partial charge in [-0.05, 0) is 31.9 Å². The zero-order valence-electron chi connectivity index (χ0n) is 13.3. The molecule has 3 aliphatic rings. The van der Waals surface area contributed by atoms with Crippen LogP contribution in [0.3, 0.4) is 0 Å². The molecule has 0 N–H and O–H groups in total. The number of amides is 1. The van der Waals surface area contributed by atoms with E-state index in [1.807, 2.05) is 25.4 Å². The highest BCUT2D eigenvalue weighted by molar-refractivity contribution is 6.07. The number of para-hydroxylation sites is 1. The maximum atomic E-state index is 13.1. The Bertz CT molecular complexity index is 720. The van der Waals surface area contributed by atoms with E-state index >= 15 is 0 Å². The lowest BCUT2D eigenvalue weighted by Gasteiger charge is -2.32. The summed E-state index contributed by atoms with van der Waals surface area (Å²) in [5, 5.41) is 1.07. The standard InChI is InChI=1S/C18H23N3O/c1-19-9-13-7-8-14(19)11-21(10-13)18(22)16-12-20(2)17-6-4-3-5-15(16)17/h3-6,12-14H,7-11H2,1-2H3/t13-,14-/m1/s1. The summed E-state index contributed by atoms with van der Waals surface area (Å²) in [5.41, 5.74) is 1.97. The Morgan fingerprint density at radius 1 is 1.09 bits per heavy atom. The summed E-state index contributed by atoms with van der Waals surface area (Å²) in [7, 11) is 4.21. The molecular formula is C18H23N3O. The first-order valence-electron chi connectivity index (χ1n) is 8.17. The highest BCUT2D eigenvalue weighted by atomic mass is 16.2. The lowest BCUT2D eigenvalue weighted by molar-refractivity contribution is 0.0744. The molecule has 0 aliphatic carbocycles. The van der Waals surface area contributed by atoms with Crippen LogP contribution in [0, 0.1) is 5.92 Å². The Labute approximate surface area is 131 Å². The maximum Gasteiger partial charge on any atom is 0.256 e. The highest BCUT2D eigenvalue weighted by Crippen LogP contribution is 2.29. The molecular weight excluding hydrogens is 274 g/mol. The maximum absolute atomic E-state index is 13.1. The van der Waals surface area contributed by atoms with Crippen molar-refractivity contribution in [2.24, 2.45) is 13.0 Å². The van der Waals surface area contributed by atoms with Crippen molar-refractivity contribution in [2.45, 2.75) is 18.9 Å². The second-order valence-electron chi connectivity index (χ2n) is 6.92. The monoisotopic (exact) mass is 297 g/mol. The largest absolute Gasteiger partial charge is 0.350 e. The summed E-state index contributed by atoms with van der Waals surface area (Å²) in [5.74, 6) is 0.826. The third-order valence-electron chi connectivity index (χ3n) is 5.40. The summed E-state index contributed by atoms with van der Waals surface area (Å²) in [6.45, 7) is 2.90. The quantitative estimate of drug-likeness (QED) is 0.808. The van der Waals surface area contributed by atoms with E-state index in [1.54, 1.807) is 0 Å². The molecule has 4 heteroatoms. The molecule has 22 heavy (non-hydrogen) atoms. The third-order valence-corrected chi connectivity index (χ3v) is 5.40.